The maximum atomic E-state index is 12.5. The van der Waals surface area contributed by atoms with Gasteiger partial charge in [-0.05, 0) is 62.0 Å². The van der Waals surface area contributed by atoms with E-state index in [4.69, 9.17) is 16.3 Å². The van der Waals surface area contributed by atoms with Gasteiger partial charge < -0.3 is 10.1 Å². The van der Waals surface area contributed by atoms with Gasteiger partial charge in [0.25, 0.3) is 5.91 Å². The summed E-state index contributed by atoms with van der Waals surface area (Å²) >= 11 is 7.40. The van der Waals surface area contributed by atoms with Crippen LogP contribution in [0.4, 0.5) is 0 Å². The Bertz CT molecular complexity index is 620. The molecule has 0 saturated heterocycles. The summed E-state index contributed by atoms with van der Waals surface area (Å²) in [5.41, 5.74) is 0.417. The fraction of sp³-hybridized carbons (Fsp3) is 0.500. The van der Waals surface area contributed by atoms with Crippen molar-refractivity contribution in [1.82, 2.24) is 5.32 Å². The molecule has 136 valence electrons. The fourth-order valence-electron chi connectivity index (χ4n) is 2.63. The van der Waals surface area contributed by atoms with E-state index in [9.17, 15) is 14.4 Å². The summed E-state index contributed by atoms with van der Waals surface area (Å²) in [7, 11) is 0. The predicted octanol–water partition coefficient (Wildman–Crippen LogP) is 3.25. The molecule has 0 bridgehead atoms. The van der Waals surface area contributed by atoms with Crippen LogP contribution in [-0.4, -0.2) is 41.8 Å². The monoisotopic (exact) mass is 383 g/mol. The highest BCUT2D eigenvalue weighted by Gasteiger charge is 2.30. The van der Waals surface area contributed by atoms with E-state index in [2.05, 4.69) is 5.32 Å². The minimum Gasteiger partial charge on any atom is -0.453 e. The number of nitrogens with one attached hydrogen (secondary N) is 1. The standard InChI is InChI=1S/C18H22ClNO4S/c1-25-11-10-14(18(23)24-16-5-3-2-4-15(16)21)20-17(22)12-6-8-13(19)9-7-12/h6-9,14,16H,2-5,10-11H2,1H3,(H,20,22)/t14-,16+/m0/s1. The number of Topliss-reactive ketones (excluding diaryl/α,β-unsaturated/α-hetero) is 1. The number of halogens is 1. The number of benzene rings is 1. The molecule has 5 nitrogen and oxygen atoms in total. The third kappa shape index (κ3) is 6.04. The first-order valence-corrected chi connectivity index (χ1v) is 10.1. The van der Waals surface area contributed by atoms with E-state index in [-0.39, 0.29) is 11.7 Å². The van der Waals surface area contributed by atoms with Gasteiger partial charge in [-0.25, -0.2) is 4.79 Å². The molecule has 2 rings (SSSR count). The Kier molecular flexibility index (Phi) is 7.78. The van der Waals surface area contributed by atoms with Crippen LogP contribution in [0.1, 0.15) is 42.5 Å². The van der Waals surface area contributed by atoms with Crippen molar-refractivity contribution < 1.29 is 19.1 Å². The van der Waals surface area contributed by atoms with Crippen LogP contribution >= 0.6 is 23.4 Å². The van der Waals surface area contributed by atoms with Crippen molar-refractivity contribution in [2.45, 2.75) is 44.2 Å². The molecule has 0 aromatic heterocycles. The number of rotatable bonds is 7. The van der Waals surface area contributed by atoms with E-state index in [1.807, 2.05) is 6.26 Å². The fourth-order valence-corrected chi connectivity index (χ4v) is 3.22. The van der Waals surface area contributed by atoms with Crippen molar-refractivity contribution >= 4 is 41.0 Å². The molecule has 1 aromatic rings. The van der Waals surface area contributed by atoms with Crippen molar-refractivity contribution in [1.29, 1.82) is 0 Å². The van der Waals surface area contributed by atoms with Crippen LogP contribution in [0, 0.1) is 0 Å². The molecule has 1 aliphatic rings. The van der Waals surface area contributed by atoms with E-state index in [1.165, 1.54) is 0 Å². The summed E-state index contributed by atoms with van der Waals surface area (Å²) in [5, 5.41) is 3.24. The normalized spacial score (nSPS) is 18.5. The molecule has 1 saturated carbocycles. The maximum Gasteiger partial charge on any atom is 0.329 e. The molecule has 0 spiro atoms. The van der Waals surface area contributed by atoms with Gasteiger partial charge in [-0.1, -0.05) is 11.6 Å². The Labute approximate surface area is 156 Å². The Morgan fingerprint density at radius 2 is 2.04 bits per heavy atom. The molecule has 1 N–H and O–H groups in total. The van der Waals surface area contributed by atoms with Gasteiger partial charge in [0.1, 0.15) is 6.04 Å². The van der Waals surface area contributed by atoms with Crippen LogP contribution in [0.5, 0.6) is 0 Å². The minimum atomic E-state index is -0.773. The predicted molar refractivity (Wildman–Crippen MR) is 99.1 cm³/mol. The summed E-state index contributed by atoms with van der Waals surface area (Å²) < 4.78 is 5.39. The van der Waals surface area contributed by atoms with Crippen molar-refractivity contribution in [2.24, 2.45) is 0 Å². The zero-order valence-electron chi connectivity index (χ0n) is 14.1. The van der Waals surface area contributed by atoms with Gasteiger partial charge in [0, 0.05) is 17.0 Å². The average molecular weight is 384 g/mol. The zero-order valence-corrected chi connectivity index (χ0v) is 15.7. The smallest absolute Gasteiger partial charge is 0.329 e. The van der Waals surface area contributed by atoms with Crippen molar-refractivity contribution in [3.05, 3.63) is 34.9 Å². The van der Waals surface area contributed by atoms with Crippen LogP contribution in [0.25, 0.3) is 0 Å². The number of thioether (sulfide) groups is 1. The second-order valence-electron chi connectivity index (χ2n) is 5.95. The summed E-state index contributed by atoms with van der Waals surface area (Å²) in [4.78, 5) is 36.7. The molecule has 0 heterocycles. The topological polar surface area (TPSA) is 72.5 Å². The maximum absolute atomic E-state index is 12.5. The number of carbonyl (C=O) groups is 3. The van der Waals surface area contributed by atoms with Crippen LogP contribution < -0.4 is 5.32 Å². The number of ether oxygens (including phenoxy) is 1. The lowest BCUT2D eigenvalue weighted by Crippen LogP contribution is -2.44. The third-order valence-corrected chi connectivity index (χ3v) is 4.96. The van der Waals surface area contributed by atoms with Crippen LogP contribution in [0.15, 0.2) is 24.3 Å². The van der Waals surface area contributed by atoms with Gasteiger partial charge in [0.15, 0.2) is 11.9 Å². The van der Waals surface area contributed by atoms with Crippen molar-refractivity contribution in [2.75, 3.05) is 12.0 Å². The van der Waals surface area contributed by atoms with Crippen molar-refractivity contribution in [3.63, 3.8) is 0 Å². The van der Waals surface area contributed by atoms with Gasteiger partial charge in [-0.3, -0.25) is 9.59 Å². The Morgan fingerprint density at radius 3 is 2.68 bits per heavy atom. The lowest BCUT2D eigenvalue weighted by Gasteiger charge is -2.24. The summed E-state index contributed by atoms with van der Waals surface area (Å²) in [6, 6.07) is 5.66. The van der Waals surface area contributed by atoms with Gasteiger partial charge in [-0.15, -0.1) is 0 Å². The highest BCUT2D eigenvalue weighted by molar-refractivity contribution is 7.98. The van der Waals surface area contributed by atoms with Gasteiger partial charge >= 0.3 is 5.97 Å². The molecule has 7 heteroatoms. The first-order valence-electron chi connectivity index (χ1n) is 8.30. The van der Waals surface area contributed by atoms with Gasteiger partial charge in [0.2, 0.25) is 0 Å². The summed E-state index contributed by atoms with van der Waals surface area (Å²) in [6.45, 7) is 0. The van der Waals surface area contributed by atoms with E-state index in [0.29, 0.717) is 35.6 Å². The van der Waals surface area contributed by atoms with Crippen LogP contribution in [-0.2, 0) is 14.3 Å². The lowest BCUT2D eigenvalue weighted by atomic mass is 9.96. The lowest BCUT2D eigenvalue weighted by molar-refractivity contribution is -0.158. The molecular formula is C18H22ClNO4S. The van der Waals surface area contributed by atoms with E-state index < -0.39 is 18.1 Å². The molecule has 25 heavy (non-hydrogen) atoms. The second-order valence-corrected chi connectivity index (χ2v) is 7.37. The van der Waals surface area contributed by atoms with Crippen LogP contribution in [0.2, 0.25) is 5.02 Å². The SMILES string of the molecule is CSCC[C@H](NC(=O)c1ccc(Cl)cc1)C(=O)O[C@@H]1CCCCC1=O. The molecule has 2 atom stereocenters. The number of hydrogen-bond acceptors (Lipinski definition) is 5. The molecule has 1 aliphatic carbocycles. The molecule has 0 unspecified atom stereocenters. The molecule has 1 aromatic carbocycles. The number of carbonyl (C=O) groups excluding carboxylic acids is 3. The van der Waals surface area contributed by atoms with E-state index in [1.54, 1.807) is 36.0 Å². The first-order chi connectivity index (χ1) is 12.0. The van der Waals surface area contributed by atoms with E-state index >= 15 is 0 Å². The Hall–Kier alpha value is -1.53. The second kappa shape index (κ2) is 9.82. The Balaban J connectivity index is 2.01. The summed E-state index contributed by atoms with van der Waals surface area (Å²) in [6.07, 6.45) is 4.42. The van der Waals surface area contributed by atoms with Crippen LogP contribution in [0.3, 0.4) is 0 Å². The first kappa shape index (κ1) is 19.8. The quantitative estimate of drug-likeness (QED) is 0.732. The largest absolute Gasteiger partial charge is 0.453 e. The average Bonchev–Trinajstić information content (AvgIpc) is 2.60. The molecule has 0 aliphatic heterocycles. The highest BCUT2D eigenvalue weighted by atomic mass is 35.5. The number of esters is 1. The van der Waals surface area contributed by atoms with Gasteiger partial charge in [-0.2, -0.15) is 11.8 Å². The number of ketones is 1. The highest BCUT2D eigenvalue weighted by Crippen LogP contribution is 2.18. The number of amides is 1. The summed E-state index contributed by atoms with van der Waals surface area (Å²) in [5.74, 6) is -0.252. The van der Waals surface area contributed by atoms with E-state index in [0.717, 1.165) is 12.8 Å². The van der Waals surface area contributed by atoms with Gasteiger partial charge in [0.05, 0.1) is 0 Å². The molecule has 1 fully saturated rings. The Morgan fingerprint density at radius 1 is 1.32 bits per heavy atom. The molecular weight excluding hydrogens is 362 g/mol. The number of hydrogen-bond donors (Lipinski definition) is 1. The minimum absolute atomic E-state index is 0.0350. The zero-order chi connectivity index (χ0) is 18.2. The van der Waals surface area contributed by atoms with Crippen molar-refractivity contribution in [3.8, 4) is 0 Å². The molecule has 0 radical (unpaired) electrons. The molecule has 1 amide bonds. The third-order valence-electron chi connectivity index (χ3n) is 4.06.